The van der Waals surface area contributed by atoms with E-state index in [1.54, 1.807) is 13.8 Å². The third-order valence-corrected chi connectivity index (χ3v) is 3.19. The summed E-state index contributed by atoms with van der Waals surface area (Å²) in [4.78, 5) is 10.8. The maximum Gasteiger partial charge on any atom is 0.307 e. The molecule has 0 aliphatic carbocycles. The van der Waals surface area contributed by atoms with Gasteiger partial charge in [-0.05, 0) is 32.0 Å². The number of benzene rings is 1. The third kappa shape index (κ3) is 2.84. The molecule has 0 aliphatic heterocycles. The molecule has 0 unspecified atom stereocenters. The molecule has 0 bridgehead atoms. The van der Waals surface area contributed by atoms with Gasteiger partial charge in [0.15, 0.2) is 0 Å². The number of carbonyl (C=O) groups is 1. The number of hydrogen-bond donors (Lipinski definition) is 1. The molecule has 0 saturated heterocycles. The number of halogens is 2. The number of aliphatic carboxylic acids is 1. The van der Waals surface area contributed by atoms with Crippen molar-refractivity contribution in [1.82, 2.24) is 9.78 Å². The van der Waals surface area contributed by atoms with Crippen LogP contribution in [0.25, 0.3) is 0 Å². The van der Waals surface area contributed by atoms with Gasteiger partial charge in [-0.1, -0.05) is 0 Å². The Labute approximate surface area is 114 Å². The van der Waals surface area contributed by atoms with E-state index in [2.05, 4.69) is 5.10 Å². The molecule has 0 aliphatic rings. The molecular weight excluding hydrogens is 266 g/mol. The highest BCUT2D eigenvalue weighted by Crippen LogP contribution is 2.17. The lowest BCUT2D eigenvalue weighted by Gasteiger charge is -2.06. The molecule has 2 rings (SSSR count). The van der Waals surface area contributed by atoms with E-state index in [1.807, 2.05) is 0 Å². The molecule has 1 aromatic heterocycles. The lowest BCUT2D eigenvalue weighted by molar-refractivity contribution is -0.136. The van der Waals surface area contributed by atoms with E-state index >= 15 is 0 Å². The van der Waals surface area contributed by atoms with Crippen LogP contribution in [0.5, 0.6) is 0 Å². The van der Waals surface area contributed by atoms with E-state index in [0.717, 1.165) is 18.2 Å². The minimum atomic E-state index is -0.951. The molecule has 0 saturated carbocycles. The Morgan fingerprint density at radius 1 is 1.35 bits per heavy atom. The van der Waals surface area contributed by atoms with Gasteiger partial charge in [-0.25, -0.2) is 8.78 Å². The first-order valence-electron chi connectivity index (χ1n) is 6.07. The quantitative estimate of drug-likeness (QED) is 0.936. The Morgan fingerprint density at radius 2 is 2.05 bits per heavy atom. The van der Waals surface area contributed by atoms with E-state index < -0.39 is 17.6 Å². The lowest BCUT2D eigenvalue weighted by Crippen LogP contribution is -2.07. The maximum absolute atomic E-state index is 13.6. The molecule has 0 radical (unpaired) electrons. The summed E-state index contributed by atoms with van der Waals surface area (Å²) < 4.78 is 28.2. The summed E-state index contributed by atoms with van der Waals surface area (Å²) >= 11 is 0. The largest absolute Gasteiger partial charge is 0.481 e. The molecule has 0 fully saturated rings. The zero-order valence-corrected chi connectivity index (χ0v) is 11.2. The standard InChI is InChI=1S/C14H14F2N2O2/c1-8-12(6-14(19)20)9(2)18(17-8)7-10-5-11(15)3-4-13(10)16/h3-5H,6-7H2,1-2H3,(H,19,20). The van der Waals surface area contributed by atoms with Crippen LogP contribution in [0.15, 0.2) is 18.2 Å². The highest BCUT2D eigenvalue weighted by Gasteiger charge is 2.15. The van der Waals surface area contributed by atoms with Crippen LogP contribution in [0.4, 0.5) is 8.78 Å². The average Bonchev–Trinajstić information content (AvgIpc) is 2.61. The maximum atomic E-state index is 13.6. The first kappa shape index (κ1) is 14.2. The van der Waals surface area contributed by atoms with Gasteiger partial charge < -0.3 is 5.11 Å². The Kier molecular flexibility index (Phi) is 3.83. The SMILES string of the molecule is Cc1nn(Cc2cc(F)ccc2F)c(C)c1CC(=O)O. The number of aromatic nitrogens is 2. The van der Waals surface area contributed by atoms with Crippen LogP contribution in [-0.4, -0.2) is 20.9 Å². The van der Waals surface area contributed by atoms with E-state index in [9.17, 15) is 13.6 Å². The van der Waals surface area contributed by atoms with Gasteiger partial charge in [-0.15, -0.1) is 0 Å². The second-order valence-corrected chi connectivity index (χ2v) is 4.61. The third-order valence-electron chi connectivity index (χ3n) is 3.19. The van der Waals surface area contributed by atoms with Gasteiger partial charge in [0.25, 0.3) is 0 Å². The van der Waals surface area contributed by atoms with Crippen molar-refractivity contribution in [2.45, 2.75) is 26.8 Å². The summed E-state index contributed by atoms with van der Waals surface area (Å²) in [5.41, 5.74) is 2.02. The number of rotatable bonds is 4. The number of carboxylic acids is 1. The van der Waals surface area contributed by atoms with E-state index in [-0.39, 0.29) is 18.5 Å². The average molecular weight is 280 g/mol. The normalized spacial score (nSPS) is 10.8. The van der Waals surface area contributed by atoms with Gasteiger partial charge in [0.1, 0.15) is 11.6 Å². The predicted molar refractivity (Wildman–Crippen MR) is 68.5 cm³/mol. The molecule has 1 heterocycles. The van der Waals surface area contributed by atoms with Crippen molar-refractivity contribution >= 4 is 5.97 Å². The molecule has 20 heavy (non-hydrogen) atoms. The van der Waals surface area contributed by atoms with Crippen molar-refractivity contribution in [2.75, 3.05) is 0 Å². The topological polar surface area (TPSA) is 55.1 Å². The van der Waals surface area contributed by atoms with Gasteiger partial charge >= 0.3 is 5.97 Å². The van der Waals surface area contributed by atoms with E-state index in [1.165, 1.54) is 4.68 Å². The van der Waals surface area contributed by atoms with E-state index in [0.29, 0.717) is 17.0 Å². The minimum Gasteiger partial charge on any atom is -0.481 e. The van der Waals surface area contributed by atoms with Crippen molar-refractivity contribution in [3.8, 4) is 0 Å². The number of aryl methyl sites for hydroxylation is 1. The molecule has 1 N–H and O–H groups in total. The number of hydrogen-bond acceptors (Lipinski definition) is 2. The van der Waals surface area contributed by atoms with Crippen LogP contribution in [0.3, 0.4) is 0 Å². The molecule has 2 aromatic rings. The molecule has 0 spiro atoms. The summed E-state index contributed by atoms with van der Waals surface area (Å²) in [5.74, 6) is -1.99. The summed E-state index contributed by atoms with van der Waals surface area (Å²) in [6.07, 6.45) is -0.136. The van der Waals surface area contributed by atoms with Gasteiger partial charge in [0.2, 0.25) is 0 Å². The molecule has 0 amide bonds. The zero-order chi connectivity index (χ0) is 14.9. The fourth-order valence-corrected chi connectivity index (χ4v) is 2.12. The fourth-order valence-electron chi connectivity index (χ4n) is 2.12. The highest BCUT2D eigenvalue weighted by molar-refractivity contribution is 5.70. The molecule has 1 aromatic carbocycles. The first-order valence-corrected chi connectivity index (χ1v) is 6.07. The Morgan fingerprint density at radius 3 is 2.70 bits per heavy atom. The highest BCUT2D eigenvalue weighted by atomic mass is 19.1. The predicted octanol–water partition coefficient (Wildman–Crippen LogP) is 2.45. The van der Waals surface area contributed by atoms with Crippen molar-refractivity contribution in [3.05, 3.63) is 52.3 Å². The summed E-state index contributed by atoms with van der Waals surface area (Å²) in [6, 6.07) is 3.23. The Hall–Kier alpha value is -2.24. The van der Waals surface area contributed by atoms with E-state index in [4.69, 9.17) is 5.11 Å². The zero-order valence-electron chi connectivity index (χ0n) is 11.2. The Balaban J connectivity index is 2.35. The van der Waals surface area contributed by atoms with Crippen molar-refractivity contribution < 1.29 is 18.7 Å². The van der Waals surface area contributed by atoms with Crippen molar-refractivity contribution in [1.29, 1.82) is 0 Å². The number of nitrogens with zero attached hydrogens (tertiary/aromatic N) is 2. The van der Waals surface area contributed by atoms with Gasteiger partial charge in [0.05, 0.1) is 18.7 Å². The first-order chi connectivity index (χ1) is 9.38. The summed E-state index contributed by atoms with van der Waals surface area (Å²) in [5, 5.41) is 13.0. The molecule has 4 nitrogen and oxygen atoms in total. The second kappa shape index (κ2) is 5.40. The van der Waals surface area contributed by atoms with Crippen LogP contribution in [0.2, 0.25) is 0 Å². The summed E-state index contributed by atoms with van der Waals surface area (Å²) in [6.45, 7) is 3.48. The lowest BCUT2D eigenvalue weighted by atomic mass is 10.1. The smallest absolute Gasteiger partial charge is 0.307 e. The van der Waals surface area contributed by atoms with Crippen molar-refractivity contribution in [3.63, 3.8) is 0 Å². The van der Waals surface area contributed by atoms with Crippen LogP contribution in [-0.2, 0) is 17.8 Å². The van der Waals surface area contributed by atoms with Gasteiger partial charge in [-0.2, -0.15) is 5.10 Å². The molecule has 0 atom stereocenters. The second-order valence-electron chi connectivity index (χ2n) is 4.61. The minimum absolute atomic E-state index is 0.0654. The van der Waals surface area contributed by atoms with Crippen LogP contribution < -0.4 is 0 Å². The van der Waals surface area contributed by atoms with Crippen LogP contribution in [0, 0.1) is 25.5 Å². The van der Waals surface area contributed by atoms with Crippen molar-refractivity contribution in [2.24, 2.45) is 0 Å². The molecule has 6 heteroatoms. The Bertz CT molecular complexity index is 665. The fraction of sp³-hybridized carbons (Fsp3) is 0.286. The van der Waals surface area contributed by atoms with Crippen LogP contribution >= 0.6 is 0 Å². The molecule has 106 valence electrons. The number of carboxylic acid groups (broad SMARTS) is 1. The van der Waals surface area contributed by atoms with Crippen LogP contribution in [0.1, 0.15) is 22.5 Å². The monoisotopic (exact) mass is 280 g/mol. The molecular formula is C14H14F2N2O2. The van der Waals surface area contributed by atoms with Gasteiger partial charge in [-0.3, -0.25) is 9.48 Å². The summed E-state index contributed by atoms with van der Waals surface area (Å²) in [7, 11) is 0. The van der Waals surface area contributed by atoms with Gasteiger partial charge in [0, 0.05) is 16.8 Å².